The molecule has 0 amide bonds. The van der Waals surface area contributed by atoms with Crippen LogP contribution in [0.4, 0.5) is 10.3 Å². The molecule has 0 bridgehead atoms. The molecule has 0 saturated carbocycles. The van der Waals surface area contributed by atoms with Crippen molar-refractivity contribution in [3.63, 3.8) is 0 Å². The molecule has 2 aromatic carbocycles. The molecule has 0 aliphatic rings. The van der Waals surface area contributed by atoms with Crippen LogP contribution in [-0.2, 0) is 0 Å². The largest absolute Gasteiger partial charge is 0.367 e. The Labute approximate surface area is 126 Å². The Morgan fingerprint density at radius 1 is 1.00 bits per heavy atom. The van der Waals surface area contributed by atoms with Gasteiger partial charge >= 0.3 is 0 Å². The second-order valence-electron chi connectivity index (χ2n) is 4.51. The van der Waals surface area contributed by atoms with Gasteiger partial charge in [0.05, 0.1) is 5.56 Å². The highest BCUT2D eigenvalue weighted by Crippen LogP contribution is 2.36. The third-order valence-electron chi connectivity index (χ3n) is 3.21. The molecule has 21 heavy (non-hydrogen) atoms. The van der Waals surface area contributed by atoms with E-state index in [1.807, 2.05) is 30.5 Å². The standard InChI is InChI=1S/C16H13FN2OS/c1-21-13-8-4-11(5-9-13)15-14(16(18)20-19-15)10-2-6-12(17)7-3-10/h2-9H,18H2,1H3. The van der Waals surface area contributed by atoms with Crippen molar-refractivity contribution in [3.05, 3.63) is 54.3 Å². The van der Waals surface area contributed by atoms with Crippen molar-refractivity contribution in [3.8, 4) is 22.4 Å². The lowest BCUT2D eigenvalue weighted by Crippen LogP contribution is -1.88. The molecule has 0 aliphatic carbocycles. The summed E-state index contributed by atoms with van der Waals surface area (Å²) in [5.41, 5.74) is 8.91. The molecule has 1 aromatic heterocycles. The Bertz CT molecular complexity index is 751. The van der Waals surface area contributed by atoms with Gasteiger partial charge in [-0.15, -0.1) is 11.8 Å². The Kier molecular flexibility index (Phi) is 3.66. The molecular weight excluding hydrogens is 287 g/mol. The molecule has 0 unspecified atom stereocenters. The average molecular weight is 300 g/mol. The summed E-state index contributed by atoms with van der Waals surface area (Å²) in [7, 11) is 0. The number of aromatic nitrogens is 1. The van der Waals surface area contributed by atoms with E-state index in [0.29, 0.717) is 11.3 Å². The van der Waals surface area contributed by atoms with Crippen LogP contribution in [0.15, 0.2) is 57.9 Å². The molecule has 0 spiro atoms. The Morgan fingerprint density at radius 3 is 2.24 bits per heavy atom. The highest BCUT2D eigenvalue weighted by molar-refractivity contribution is 7.98. The van der Waals surface area contributed by atoms with Crippen molar-refractivity contribution in [1.82, 2.24) is 5.16 Å². The van der Waals surface area contributed by atoms with Gasteiger partial charge in [-0.3, -0.25) is 0 Å². The zero-order valence-corrected chi connectivity index (χ0v) is 12.2. The van der Waals surface area contributed by atoms with E-state index in [1.54, 1.807) is 23.9 Å². The monoisotopic (exact) mass is 300 g/mol. The maximum atomic E-state index is 13.1. The van der Waals surface area contributed by atoms with Crippen LogP contribution in [0.1, 0.15) is 0 Å². The summed E-state index contributed by atoms with van der Waals surface area (Å²) in [5, 5.41) is 4.04. The predicted molar refractivity (Wildman–Crippen MR) is 83.5 cm³/mol. The highest BCUT2D eigenvalue weighted by Gasteiger charge is 2.17. The van der Waals surface area contributed by atoms with Gasteiger partial charge in [-0.2, -0.15) is 0 Å². The number of benzene rings is 2. The highest BCUT2D eigenvalue weighted by atomic mass is 32.2. The van der Waals surface area contributed by atoms with E-state index in [1.165, 1.54) is 17.0 Å². The SMILES string of the molecule is CSc1ccc(-c2noc(N)c2-c2ccc(F)cc2)cc1. The minimum atomic E-state index is -0.292. The first-order valence-corrected chi connectivity index (χ1v) is 7.57. The number of nitrogen functional groups attached to an aromatic ring is 1. The summed E-state index contributed by atoms with van der Waals surface area (Å²) in [6.07, 6.45) is 2.02. The fourth-order valence-electron chi connectivity index (χ4n) is 2.14. The van der Waals surface area contributed by atoms with Crippen LogP contribution in [0.3, 0.4) is 0 Å². The first-order chi connectivity index (χ1) is 10.2. The summed E-state index contributed by atoms with van der Waals surface area (Å²) in [4.78, 5) is 1.17. The average Bonchev–Trinajstić information content (AvgIpc) is 2.90. The molecular formula is C16H13FN2OS. The van der Waals surface area contributed by atoms with Gasteiger partial charge in [-0.05, 0) is 36.1 Å². The first kappa shape index (κ1) is 13.7. The third-order valence-corrected chi connectivity index (χ3v) is 3.96. The van der Waals surface area contributed by atoms with Gasteiger partial charge in [0.1, 0.15) is 11.5 Å². The molecule has 3 aromatic rings. The maximum Gasteiger partial charge on any atom is 0.230 e. The van der Waals surface area contributed by atoms with Crippen molar-refractivity contribution in [2.75, 3.05) is 12.0 Å². The van der Waals surface area contributed by atoms with E-state index >= 15 is 0 Å². The zero-order chi connectivity index (χ0) is 14.8. The number of thioether (sulfide) groups is 1. The van der Waals surface area contributed by atoms with Crippen molar-refractivity contribution in [1.29, 1.82) is 0 Å². The van der Waals surface area contributed by atoms with Crippen LogP contribution in [-0.4, -0.2) is 11.4 Å². The van der Waals surface area contributed by atoms with Gasteiger partial charge in [0.2, 0.25) is 5.88 Å². The summed E-state index contributed by atoms with van der Waals surface area (Å²) in [6.45, 7) is 0. The van der Waals surface area contributed by atoms with E-state index in [9.17, 15) is 4.39 Å². The normalized spacial score (nSPS) is 10.8. The number of hydrogen-bond donors (Lipinski definition) is 1. The fourth-order valence-corrected chi connectivity index (χ4v) is 2.55. The fraction of sp³-hybridized carbons (Fsp3) is 0.0625. The molecule has 0 atom stereocenters. The summed E-state index contributed by atoms with van der Waals surface area (Å²) in [6, 6.07) is 14.1. The first-order valence-electron chi connectivity index (χ1n) is 6.34. The van der Waals surface area contributed by atoms with E-state index in [4.69, 9.17) is 10.3 Å². The molecule has 5 heteroatoms. The minimum Gasteiger partial charge on any atom is -0.367 e. The molecule has 0 aliphatic heterocycles. The third kappa shape index (κ3) is 2.64. The van der Waals surface area contributed by atoms with Crippen LogP contribution in [0, 0.1) is 5.82 Å². The van der Waals surface area contributed by atoms with Crippen LogP contribution in [0.25, 0.3) is 22.4 Å². The van der Waals surface area contributed by atoms with E-state index in [2.05, 4.69) is 5.16 Å². The van der Waals surface area contributed by atoms with Crippen LogP contribution in [0.5, 0.6) is 0 Å². The Morgan fingerprint density at radius 2 is 1.62 bits per heavy atom. The quantitative estimate of drug-likeness (QED) is 0.726. The predicted octanol–water partition coefficient (Wildman–Crippen LogP) is 4.45. The second-order valence-corrected chi connectivity index (χ2v) is 5.39. The van der Waals surface area contributed by atoms with Crippen molar-refractivity contribution < 1.29 is 8.91 Å². The Hall–Kier alpha value is -2.27. The number of nitrogens with zero attached hydrogens (tertiary/aromatic N) is 1. The Balaban J connectivity index is 2.09. The maximum absolute atomic E-state index is 13.1. The number of anilines is 1. The van der Waals surface area contributed by atoms with Gasteiger partial charge in [0, 0.05) is 10.5 Å². The summed E-state index contributed by atoms with van der Waals surface area (Å²) < 4.78 is 18.2. The number of halogens is 1. The molecule has 3 rings (SSSR count). The zero-order valence-electron chi connectivity index (χ0n) is 11.3. The summed E-state index contributed by atoms with van der Waals surface area (Å²) in [5.74, 6) is -0.0646. The number of hydrogen-bond acceptors (Lipinski definition) is 4. The van der Waals surface area contributed by atoms with E-state index in [-0.39, 0.29) is 11.7 Å². The second kappa shape index (κ2) is 5.61. The van der Waals surface area contributed by atoms with Crippen LogP contribution in [0.2, 0.25) is 0 Å². The molecule has 1 heterocycles. The molecule has 0 fully saturated rings. The topological polar surface area (TPSA) is 52.0 Å². The van der Waals surface area contributed by atoms with Gasteiger partial charge < -0.3 is 10.3 Å². The van der Waals surface area contributed by atoms with E-state index in [0.717, 1.165) is 11.1 Å². The van der Waals surface area contributed by atoms with Crippen LogP contribution < -0.4 is 5.73 Å². The lowest BCUT2D eigenvalue weighted by Gasteiger charge is -2.04. The molecule has 0 radical (unpaired) electrons. The van der Waals surface area contributed by atoms with Crippen molar-refractivity contribution >= 4 is 17.6 Å². The smallest absolute Gasteiger partial charge is 0.230 e. The lowest BCUT2D eigenvalue weighted by atomic mass is 10.0. The van der Waals surface area contributed by atoms with Crippen LogP contribution >= 0.6 is 11.8 Å². The summed E-state index contributed by atoms with van der Waals surface area (Å²) >= 11 is 1.67. The minimum absolute atomic E-state index is 0.227. The lowest BCUT2D eigenvalue weighted by molar-refractivity contribution is 0.439. The molecule has 2 N–H and O–H groups in total. The van der Waals surface area contributed by atoms with Gasteiger partial charge in [0.25, 0.3) is 0 Å². The number of nitrogens with two attached hydrogens (primary N) is 1. The van der Waals surface area contributed by atoms with Crippen molar-refractivity contribution in [2.45, 2.75) is 4.90 Å². The van der Waals surface area contributed by atoms with Gasteiger partial charge in [-0.25, -0.2) is 4.39 Å². The van der Waals surface area contributed by atoms with E-state index < -0.39 is 0 Å². The van der Waals surface area contributed by atoms with Crippen molar-refractivity contribution in [2.24, 2.45) is 0 Å². The molecule has 3 nitrogen and oxygen atoms in total. The molecule has 106 valence electrons. The number of rotatable bonds is 3. The van der Waals surface area contributed by atoms with Gasteiger partial charge in [0.15, 0.2) is 0 Å². The molecule has 0 saturated heterocycles. The van der Waals surface area contributed by atoms with Gasteiger partial charge in [-0.1, -0.05) is 29.4 Å².